The van der Waals surface area contributed by atoms with Gasteiger partial charge in [0.1, 0.15) is 5.75 Å². The Bertz CT molecular complexity index is 493. The Hall–Kier alpha value is -1.55. The van der Waals surface area contributed by atoms with Crippen molar-refractivity contribution >= 4 is 5.91 Å². The lowest BCUT2D eigenvalue weighted by Crippen LogP contribution is -2.38. The maximum Gasteiger partial charge on any atom is 0.223 e. The zero-order chi connectivity index (χ0) is 16.7. The topological polar surface area (TPSA) is 58.6 Å². The minimum Gasteiger partial charge on any atom is -0.493 e. The van der Waals surface area contributed by atoms with E-state index in [1.165, 1.54) is 5.56 Å². The van der Waals surface area contributed by atoms with E-state index in [1.54, 1.807) is 0 Å². The largest absolute Gasteiger partial charge is 0.493 e. The highest BCUT2D eigenvalue weighted by atomic mass is 16.5. The first-order valence-corrected chi connectivity index (χ1v) is 8.72. The molecule has 0 aliphatic heterocycles. The van der Waals surface area contributed by atoms with Gasteiger partial charge >= 0.3 is 0 Å². The monoisotopic (exact) mass is 319 g/mol. The number of carbonyl (C=O) groups is 1. The van der Waals surface area contributed by atoms with Crippen LogP contribution >= 0.6 is 0 Å². The number of para-hydroxylation sites is 1. The fourth-order valence-electron chi connectivity index (χ4n) is 3.13. The molecule has 0 heterocycles. The molecule has 0 spiro atoms. The molecule has 1 amide bonds. The highest BCUT2D eigenvalue weighted by molar-refractivity contribution is 5.76. The van der Waals surface area contributed by atoms with Gasteiger partial charge in [-0.15, -0.1) is 0 Å². The van der Waals surface area contributed by atoms with Crippen LogP contribution in [0, 0.1) is 5.92 Å². The normalized spacial score (nSPS) is 21.2. The Morgan fingerprint density at radius 2 is 1.96 bits per heavy atom. The summed E-state index contributed by atoms with van der Waals surface area (Å²) in [6, 6.07) is 8.26. The number of aliphatic hydroxyl groups excluding tert-OH is 1. The third kappa shape index (κ3) is 5.54. The van der Waals surface area contributed by atoms with E-state index in [-0.39, 0.29) is 18.6 Å². The van der Waals surface area contributed by atoms with E-state index in [2.05, 4.69) is 25.2 Å². The Morgan fingerprint density at radius 1 is 1.26 bits per heavy atom. The van der Waals surface area contributed by atoms with Crippen LogP contribution in [-0.2, 0) is 4.79 Å². The second-order valence-electron chi connectivity index (χ2n) is 6.76. The van der Waals surface area contributed by atoms with Crippen molar-refractivity contribution < 1.29 is 14.6 Å². The molecule has 23 heavy (non-hydrogen) atoms. The zero-order valence-electron chi connectivity index (χ0n) is 14.3. The van der Waals surface area contributed by atoms with Gasteiger partial charge in [0.2, 0.25) is 5.91 Å². The summed E-state index contributed by atoms with van der Waals surface area (Å²) in [5.74, 6) is 1.75. The Morgan fingerprint density at radius 3 is 2.61 bits per heavy atom. The molecule has 0 atom stereocenters. The predicted molar refractivity (Wildman–Crippen MR) is 91.6 cm³/mol. The summed E-state index contributed by atoms with van der Waals surface area (Å²) in [6.07, 6.45) is 4.31. The number of aliphatic hydroxyl groups is 1. The second kappa shape index (κ2) is 8.92. The average molecular weight is 319 g/mol. The van der Waals surface area contributed by atoms with Crippen molar-refractivity contribution in [3.05, 3.63) is 29.8 Å². The lowest BCUT2D eigenvalue weighted by Gasteiger charge is -2.28. The molecule has 0 radical (unpaired) electrons. The fraction of sp³-hybridized carbons (Fsp3) is 0.632. The number of carbonyl (C=O) groups excluding carboxylic acids is 1. The molecule has 2 N–H and O–H groups in total. The van der Waals surface area contributed by atoms with Crippen LogP contribution < -0.4 is 10.1 Å². The Balaban J connectivity index is 1.71. The first-order chi connectivity index (χ1) is 11.1. The van der Waals surface area contributed by atoms with Crippen LogP contribution in [0.3, 0.4) is 0 Å². The smallest absolute Gasteiger partial charge is 0.223 e. The van der Waals surface area contributed by atoms with Crippen LogP contribution in [0.5, 0.6) is 5.75 Å². The minimum atomic E-state index is 0.0551. The summed E-state index contributed by atoms with van der Waals surface area (Å²) in [5, 5.41) is 12.2. The highest BCUT2D eigenvalue weighted by Crippen LogP contribution is 2.26. The van der Waals surface area contributed by atoms with Crippen molar-refractivity contribution in [2.24, 2.45) is 5.92 Å². The van der Waals surface area contributed by atoms with Gasteiger partial charge in [-0.25, -0.2) is 0 Å². The van der Waals surface area contributed by atoms with E-state index in [0.717, 1.165) is 31.4 Å². The van der Waals surface area contributed by atoms with E-state index in [0.29, 0.717) is 24.9 Å². The van der Waals surface area contributed by atoms with E-state index >= 15 is 0 Å². The van der Waals surface area contributed by atoms with Crippen molar-refractivity contribution in [3.63, 3.8) is 0 Å². The van der Waals surface area contributed by atoms with Crippen LogP contribution in [0.15, 0.2) is 24.3 Å². The van der Waals surface area contributed by atoms with Gasteiger partial charge in [-0.1, -0.05) is 32.0 Å². The molecule has 1 aliphatic rings. The highest BCUT2D eigenvalue weighted by Gasteiger charge is 2.21. The van der Waals surface area contributed by atoms with Crippen molar-refractivity contribution in [2.45, 2.75) is 57.9 Å². The molecule has 0 saturated heterocycles. The van der Waals surface area contributed by atoms with Gasteiger partial charge < -0.3 is 15.2 Å². The van der Waals surface area contributed by atoms with Crippen LogP contribution in [0.1, 0.15) is 57.4 Å². The number of rotatable bonds is 7. The third-order valence-electron chi connectivity index (χ3n) is 4.60. The van der Waals surface area contributed by atoms with Gasteiger partial charge in [0, 0.05) is 12.6 Å². The lowest BCUT2D eigenvalue weighted by atomic mass is 9.86. The molecule has 0 aromatic heterocycles. The summed E-state index contributed by atoms with van der Waals surface area (Å²) < 4.78 is 5.80. The SMILES string of the molecule is CC(C)c1ccccc1OCCC(=O)NC1CCC(CO)CC1. The van der Waals surface area contributed by atoms with Crippen molar-refractivity contribution in [2.75, 3.05) is 13.2 Å². The summed E-state index contributed by atoms with van der Waals surface area (Å²) in [4.78, 5) is 12.0. The number of amides is 1. The molecule has 4 nitrogen and oxygen atoms in total. The van der Waals surface area contributed by atoms with Crippen LogP contribution in [0.25, 0.3) is 0 Å². The van der Waals surface area contributed by atoms with E-state index in [9.17, 15) is 4.79 Å². The molecule has 2 rings (SSSR count). The van der Waals surface area contributed by atoms with Crippen molar-refractivity contribution in [3.8, 4) is 5.75 Å². The molecule has 0 bridgehead atoms. The zero-order valence-corrected chi connectivity index (χ0v) is 14.3. The van der Waals surface area contributed by atoms with Gasteiger partial charge in [-0.05, 0) is 49.1 Å². The molecular weight excluding hydrogens is 290 g/mol. The molecule has 4 heteroatoms. The van der Waals surface area contributed by atoms with Crippen LogP contribution in [-0.4, -0.2) is 30.3 Å². The molecule has 0 unspecified atom stereocenters. The summed E-state index contributed by atoms with van der Waals surface area (Å²) >= 11 is 0. The van der Waals surface area contributed by atoms with Gasteiger partial charge in [0.15, 0.2) is 0 Å². The molecule has 1 aromatic carbocycles. The van der Waals surface area contributed by atoms with Gasteiger partial charge in [-0.2, -0.15) is 0 Å². The van der Waals surface area contributed by atoms with Crippen molar-refractivity contribution in [1.82, 2.24) is 5.32 Å². The number of nitrogens with one attached hydrogen (secondary N) is 1. The number of ether oxygens (including phenoxy) is 1. The predicted octanol–water partition coefficient (Wildman–Crippen LogP) is 3.25. The molecule has 1 fully saturated rings. The van der Waals surface area contributed by atoms with Gasteiger partial charge in [-0.3, -0.25) is 4.79 Å². The quantitative estimate of drug-likeness (QED) is 0.811. The summed E-state index contributed by atoms with van der Waals surface area (Å²) in [6.45, 7) is 4.95. The van der Waals surface area contributed by atoms with Crippen LogP contribution in [0.2, 0.25) is 0 Å². The summed E-state index contributed by atoms with van der Waals surface area (Å²) in [5.41, 5.74) is 1.18. The molecule has 128 valence electrons. The maximum atomic E-state index is 12.0. The Labute approximate surface area is 139 Å². The maximum absolute atomic E-state index is 12.0. The Kier molecular flexibility index (Phi) is 6.90. The standard InChI is InChI=1S/C19H29NO3/c1-14(2)17-5-3-4-6-18(17)23-12-11-19(22)20-16-9-7-15(13-21)8-10-16/h3-6,14-16,21H,7-13H2,1-2H3,(H,20,22). The first-order valence-electron chi connectivity index (χ1n) is 8.72. The average Bonchev–Trinajstić information content (AvgIpc) is 2.56. The number of hydrogen-bond donors (Lipinski definition) is 2. The van der Waals surface area contributed by atoms with E-state index in [1.807, 2.05) is 18.2 Å². The molecular formula is C19H29NO3. The second-order valence-corrected chi connectivity index (χ2v) is 6.76. The van der Waals surface area contributed by atoms with Gasteiger partial charge in [0.05, 0.1) is 13.0 Å². The number of hydrogen-bond acceptors (Lipinski definition) is 3. The minimum absolute atomic E-state index is 0.0551. The first kappa shape index (κ1) is 17.8. The molecule has 1 aliphatic carbocycles. The summed E-state index contributed by atoms with van der Waals surface area (Å²) in [7, 11) is 0. The van der Waals surface area contributed by atoms with E-state index in [4.69, 9.17) is 9.84 Å². The van der Waals surface area contributed by atoms with Crippen LogP contribution in [0.4, 0.5) is 0 Å². The van der Waals surface area contributed by atoms with E-state index < -0.39 is 0 Å². The molecule has 1 aromatic rings. The third-order valence-corrected chi connectivity index (χ3v) is 4.60. The van der Waals surface area contributed by atoms with Crippen molar-refractivity contribution in [1.29, 1.82) is 0 Å². The fourth-order valence-corrected chi connectivity index (χ4v) is 3.13. The number of benzene rings is 1. The van der Waals surface area contributed by atoms with Gasteiger partial charge in [0.25, 0.3) is 0 Å². The lowest BCUT2D eigenvalue weighted by molar-refractivity contribution is -0.122. The molecule has 1 saturated carbocycles.